The standard InChI is InChI=1S/C16H15N/c1-3-14-6-4-5-7-15(14)12-17-16-10-8-13(2)9-11-16/h3-12H,1H2,2H3. The summed E-state index contributed by atoms with van der Waals surface area (Å²) < 4.78 is 0. The lowest BCUT2D eigenvalue weighted by atomic mass is 10.1. The third-order valence-corrected chi connectivity index (χ3v) is 2.60. The zero-order valence-electron chi connectivity index (χ0n) is 9.93. The zero-order chi connectivity index (χ0) is 12.1. The van der Waals surface area contributed by atoms with Gasteiger partial charge in [-0.1, -0.05) is 54.6 Å². The minimum atomic E-state index is 0.967. The highest BCUT2D eigenvalue weighted by molar-refractivity contribution is 5.86. The van der Waals surface area contributed by atoms with Gasteiger partial charge in [0.05, 0.1) is 5.69 Å². The molecule has 0 radical (unpaired) electrons. The number of nitrogens with zero attached hydrogens (tertiary/aromatic N) is 1. The van der Waals surface area contributed by atoms with Crippen molar-refractivity contribution in [3.63, 3.8) is 0 Å². The van der Waals surface area contributed by atoms with E-state index in [1.54, 1.807) is 0 Å². The maximum atomic E-state index is 4.45. The summed E-state index contributed by atoms with van der Waals surface area (Å²) in [4.78, 5) is 4.45. The predicted molar refractivity (Wildman–Crippen MR) is 75.0 cm³/mol. The van der Waals surface area contributed by atoms with Crippen LogP contribution in [0.1, 0.15) is 16.7 Å². The molecule has 0 amide bonds. The molecule has 84 valence electrons. The molecule has 1 nitrogen and oxygen atoms in total. The van der Waals surface area contributed by atoms with Gasteiger partial charge in [-0.05, 0) is 30.2 Å². The molecular formula is C16H15N. The molecule has 2 aromatic carbocycles. The Balaban J connectivity index is 2.25. The third kappa shape index (κ3) is 2.91. The fourth-order valence-electron chi connectivity index (χ4n) is 1.59. The first-order valence-corrected chi connectivity index (χ1v) is 5.62. The maximum Gasteiger partial charge on any atom is 0.0630 e. The van der Waals surface area contributed by atoms with Crippen LogP contribution in [0, 0.1) is 6.92 Å². The van der Waals surface area contributed by atoms with Crippen molar-refractivity contribution in [1.29, 1.82) is 0 Å². The Kier molecular flexibility index (Phi) is 3.51. The maximum absolute atomic E-state index is 4.45. The Hall–Kier alpha value is -2.15. The summed E-state index contributed by atoms with van der Waals surface area (Å²) in [6.45, 7) is 5.87. The fraction of sp³-hybridized carbons (Fsp3) is 0.0625. The van der Waals surface area contributed by atoms with Gasteiger partial charge in [0.1, 0.15) is 0 Å². The van der Waals surface area contributed by atoms with Crippen LogP contribution in [-0.4, -0.2) is 6.21 Å². The van der Waals surface area contributed by atoms with Crippen molar-refractivity contribution in [2.45, 2.75) is 6.92 Å². The highest BCUT2D eigenvalue weighted by atomic mass is 14.7. The monoisotopic (exact) mass is 221 g/mol. The van der Waals surface area contributed by atoms with Crippen LogP contribution >= 0.6 is 0 Å². The van der Waals surface area contributed by atoms with Crippen molar-refractivity contribution in [2.24, 2.45) is 4.99 Å². The Labute approximate surface area is 102 Å². The van der Waals surface area contributed by atoms with Gasteiger partial charge in [-0.25, -0.2) is 0 Å². The molecule has 0 aromatic heterocycles. The van der Waals surface area contributed by atoms with E-state index < -0.39 is 0 Å². The quantitative estimate of drug-likeness (QED) is 0.682. The molecule has 0 spiro atoms. The molecule has 2 rings (SSSR count). The summed E-state index contributed by atoms with van der Waals surface area (Å²) in [6.07, 6.45) is 3.72. The molecule has 0 fully saturated rings. The summed E-state index contributed by atoms with van der Waals surface area (Å²) in [5, 5.41) is 0. The van der Waals surface area contributed by atoms with E-state index in [0.717, 1.165) is 16.8 Å². The predicted octanol–water partition coefficient (Wildman–Crippen LogP) is 4.39. The van der Waals surface area contributed by atoms with Gasteiger partial charge in [0.15, 0.2) is 0 Å². The van der Waals surface area contributed by atoms with Gasteiger partial charge in [-0.2, -0.15) is 0 Å². The fourth-order valence-corrected chi connectivity index (χ4v) is 1.59. The molecule has 0 atom stereocenters. The third-order valence-electron chi connectivity index (χ3n) is 2.60. The van der Waals surface area contributed by atoms with Crippen LogP contribution in [0.5, 0.6) is 0 Å². The van der Waals surface area contributed by atoms with Gasteiger partial charge < -0.3 is 0 Å². The van der Waals surface area contributed by atoms with E-state index >= 15 is 0 Å². The second-order valence-electron chi connectivity index (χ2n) is 3.93. The van der Waals surface area contributed by atoms with Crippen molar-refractivity contribution >= 4 is 18.0 Å². The first-order valence-electron chi connectivity index (χ1n) is 5.62. The van der Waals surface area contributed by atoms with Gasteiger partial charge in [0.2, 0.25) is 0 Å². The smallest absolute Gasteiger partial charge is 0.0630 e. The molecular weight excluding hydrogens is 206 g/mol. The molecule has 0 aliphatic rings. The van der Waals surface area contributed by atoms with Gasteiger partial charge in [-0.3, -0.25) is 4.99 Å². The van der Waals surface area contributed by atoms with Crippen molar-refractivity contribution in [3.8, 4) is 0 Å². The summed E-state index contributed by atoms with van der Waals surface area (Å²) in [7, 11) is 0. The summed E-state index contributed by atoms with van der Waals surface area (Å²) >= 11 is 0. The Morgan fingerprint density at radius 1 is 0.941 bits per heavy atom. The zero-order valence-corrected chi connectivity index (χ0v) is 9.93. The first kappa shape index (κ1) is 11.3. The topological polar surface area (TPSA) is 12.4 Å². The number of hydrogen-bond donors (Lipinski definition) is 0. The number of rotatable bonds is 3. The molecule has 0 aliphatic carbocycles. The summed E-state index contributed by atoms with van der Waals surface area (Å²) in [5.74, 6) is 0. The van der Waals surface area contributed by atoms with Gasteiger partial charge in [-0.15, -0.1) is 0 Å². The molecule has 0 saturated carbocycles. The van der Waals surface area contributed by atoms with Gasteiger partial charge >= 0.3 is 0 Å². The van der Waals surface area contributed by atoms with Crippen molar-refractivity contribution < 1.29 is 0 Å². The van der Waals surface area contributed by atoms with Crippen molar-refractivity contribution in [2.75, 3.05) is 0 Å². The van der Waals surface area contributed by atoms with Crippen molar-refractivity contribution in [1.82, 2.24) is 0 Å². The highest BCUT2D eigenvalue weighted by Crippen LogP contribution is 2.14. The molecule has 2 aromatic rings. The van der Waals surface area contributed by atoms with E-state index in [1.807, 2.05) is 48.7 Å². The summed E-state index contributed by atoms with van der Waals surface area (Å²) in [6, 6.07) is 16.2. The van der Waals surface area contributed by atoms with Crippen molar-refractivity contribution in [3.05, 3.63) is 71.8 Å². The Bertz CT molecular complexity index is 536. The average molecular weight is 221 g/mol. The van der Waals surface area contributed by atoms with Crippen LogP contribution in [-0.2, 0) is 0 Å². The molecule has 0 aliphatic heterocycles. The first-order chi connectivity index (χ1) is 8.29. The lowest BCUT2D eigenvalue weighted by molar-refractivity contribution is 1.44. The molecule has 0 heterocycles. The molecule has 0 saturated heterocycles. The number of aryl methyl sites for hydroxylation is 1. The highest BCUT2D eigenvalue weighted by Gasteiger charge is 1.94. The van der Waals surface area contributed by atoms with Gasteiger partial charge in [0.25, 0.3) is 0 Å². The number of hydrogen-bond acceptors (Lipinski definition) is 1. The second kappa shape index (κ2) is 5.26. The number of benzene rings is 2. The van der Waals surface area contributed by atoms with Gasteiger partial charge in [0, 0.05) is 6.21 Å². The van der Waals surface area contributed by atoms with Crippen LogP contribution in [0.4, 0.5) is 5.69 Å². The van der Waals surface area contributed by atoms with E-state index in [4.69, 9.17) is 0 Å². The molecule has 17 heavy (non-hydrogen) atoms. The minimum absolute atomic E-state index is 0.967. The normalized spacial score (nSPS) is 10.6. The van der Waals surface area contributed by atoms with E-state index in [-0.39, 0.29) is 0 Å². The summed E-state index contributed by atoms with van der Waals surface area (Å²) in [5.41, 5.74) is 4.40. The van der Waals surface area contributed by atoms with Crippen LogP contribution < -0.4 is 0 Å². The van der Waals surface area contributed by atoms with Crippen LogP contribution in [0.15, 0.2) is 60.1 Å². The van der Waals surface area contributed by atoms with Crippen LogP contribution in [0.25, 0.3) is 6.08 Å². The Morgan fingerprint density at radius 2 is 1.59 bits per heavy atom. The lowest BCUT2D eigenvalue weighted by Gasteiger charge is -1.99. The van der Waals surface area contributed by atoms with E-state index in [9.17, 15) is 0 Å². The van der Waals surface area contributed by atoms with Crippen LogP contribution in [0.3, 0.4) is 0 Å². The molecule has 0 unspecified atom stereocenters. The second-order valence-corrected chi connectivity index (χ2v) is 3.93. The molecule has 0 bridgehead atoms. The van der Waals surface area contributed by atoms with E-state index in [2.05, 4.69) is 30.6 Å². The number of aliphatic imine (C=N–C) groups is 1. The minimum Gasteiger partial charge on any atom is -0.256 e. The SMILES string of the molecule is C=Cc1ccccc1C=Nc1ccc(C)cc1. The van der Waals surface area contributed by atoms with E-state index in [0.29, 0.717) is 0 Å². The molecule has 0 N–H and O–H groups in total. The molecule has 1 heteroatoms. The Morgan fingerprint density at radius 3 is 2.24 bits per heavy atom. The van der Waals surface area contributed by atoms with Crippen LogP contribution in [0.2, 0.25) is 0 Å². The largest absolute Gasteiger partial charge is 0.256 e. The van der Waals surface area contributed by atoms with E-state index in [1.165, 1.54) is 5.56 Å². The average Bonchev–Trinajstić information content (AvgIpc) is 2.38. The lowest BCUT2D eigenvalue weighted by Crippen LogP contribution is -1.85.